The van der Waals surface area contributed by atoms with Crippen molar-refractivity contribution in [1.29, 1.82) is 0 Å². The molecule has 1 N–H and O–H groups in total. The normalized spacial score (nSPS) is 15.3. The molecule has 2 rings (SSSR count). The molecule has 0 fully saturated rings. The van der Waals surface area contributed by atoms with Gasteiger partial charge in [0.05, 0.1) is 13.4 Å². The molecule has 0 saturated heterocycles. The monoisotopic (exact) mass is 355 g/mol. The Morgan fingerprint density at radius 1 is 1.36 bits per heavy atom. The Morgan fingerprint density at radius 3 is 2.72 bits per heavy atom. The molecule has 25 heavy (non-hydrogen) atoms. The summed E-state index contributed by atoms with van der Waals surface area (Å²) in [7, 11) is 1.32. The summed E-state index contributed by atoms with van der Waals surface area (Å²) >= 11 is 0. The second kappa shape index (κ2) is 7.87. The number of carboxylic acids is 1. The molecule has 1 aliphatic rings. The molecule has 0 unspecified atom stereocenters. The maximum Gasteiger partial charge on any atom is 0.433 e. The van der Waals surface area contributed by atoms with E-state index in [1.807, 2.05) is 0 Å². The lowest BCUT2D eigenvalue weighted by molar-refractivity contribution is -0.130. The van der Waals surface area contributed by atoms with E-state index in [0.29, 0.717) is 11.1 Å². The lowest BCUT2D eigenvalue weighted by Crippen LogP contribution is -2.17. The maximum atomic E-state index is 12.7. The van der Waals surface area contributed by atoms with Crippen LogP contribution < -0.4 is 0 Å². The molecule has 1 aliphatic heterocycles. The Balaban J connectivity index is 2.20. The van der Waals surface area contributed by atoms with Crippen LogP contribution in [0.3, 0.4) is 0 Å². The van der Waals surface area contributed by atoms with Crippen LogP contribution in [0.2, 0.25) is 0 Å². The fourth-order valence-corrected chi connectivity index (χ4v) is 2.27. The minimum Gasteiger partial charge on any atom is -0.503 e. The van der Waals surface area contributed by atoms with Crippen molar-refractivity contribution in [3.05, 3.63) is 53.4 Å². The summed E-state index contributed by atoms with van der Waals surface area (Å²) in [5.41, 5.74) is -0.199. The van der Waals surface area contributed by atoms with Gasteiger partial charge in [0.15, 0.2) is 5.90 Å². The predicted molar refractivity (Wildman–Crippen MR) is 84.7 cm³/mol. The molecule has 0 aromatic heterocycles. The van der Waals surface area contributed by atoms with Crippen molar-refractivity contribution in [3.63, 3.8) is 0 Å². The van der Waals surface area contributed by atoms with E-state index in [-0.39, 0.29) is 30.9 Å². The summed E-state index contributed by atoms with van der Waals surface area (Å²) in [6.45, 7) is -0.103. The Labute approximate surface area is 142 Å². The first-order valence-electron chi connectivity index (χ1n) is 7.35. The number of methoxy groups -OCH3 is 1. The van der Waals surface area contributed by atoms with Crippen LogP contribution >= 0.6 is 0 Å². The quantitative estimate of drug-likeness (QED) is 0.642. The second-order valence-corrected chi connectivity index (χ2v) is 5.15. The van der Waals surface area contributed by atoms with Crippen LogP contribution in [0.25, 0.3) is 5.57 Å². The highest BCUT2D eigenvalue weighted by atomic mass is 19.4. The molecular formula is C17H16F3NO4. The third kappa shape index (κ3) is 4.85. The molecule has 1 aromatic carbocycles. The highest BCUT2D eigenvalue weighted by Crippen LogP contribution is 2.30. The van der Waals surface area contributed by atoms with Gasteiger partial charge in [-0.3, -0.25) is 0 Å². The number of alkyl halides is 3. The van der Waals surface area contributed by atoms with Crippen molar-refractivity contribution in [2.24, 2.45) is 4.99 Å². The van der Waals surface area contributed by atoms with E-state index in [9.17, 15) is 23.1 Å². The summed E-state index contributed by atoms with van der Waals surface area (Å²) in [6, 6.07) is 6.53. The van der Waals surface area contributed by atoms with Crippen LogP contribution in [0, 0.1) is 0 Å². The average Bonchev–Trinajstić information content (AvgIpc) is 2.57. The maximum absolute atomic E-state index is 12.7. The fourth-order valence-electron chi connectivity index (χ4n) is 2.27. The Kier molecular flexibility index (Phi) is 5.84. The van der Waals surface area contributed by atoms with E-state index in [1.165, 1.54) is 7.11 Å². The summed E-state index contributed by atoms with van der Waals surface area (Å²) < 4.78 is 48.3. The van der Waals surface area contributed by atoms with Crippen LogP contribution in [-0.2, 0) is 20.9 Å². The Hall–Kier alpha value is -2.77. The predicted octanol–water partition coefficient (Wildman–Crippen LogP) is 3.91. The van der Waals surface area contributed by atoms with Crippen LogP contribution in [-0.4, -0.2) is 30.3 Å². The molecule has 0 spiro atoms. The van der Waals surface area contributed by atoms with E-state index in [0.717, 1.165) is 12.3 Å². The number of aliphatic carboxylic acids is 1. The number of hydrogen-bond donors (Lipinski definition) is 1. The van der Waals surface area contributed by atoms with E-state index in [2.05, 4.69) is 4.99 Å². The van der Waals surface area contributed by atoms with Crippen LogP contribution in [0.5, 0.6) is 0 Å². The standard InChI is InChI=1S/C17H16F3NO4/c1-24-10-13(16(22)23)12-6-3-2-5-11(12)9-25-15-8-4-7-14(21-15)17(18,19)20/h2-3,5-7,10H,4,8-9H2,1H3,(H,22,23)/b13-10+. The number of hydrogen-bond acceptors (Lipinski definition) is 4. The third-order valence-corrected chi connectivity index (χ3v) is 3.40. The molecule has 5 nitrogen and oxygen atoms in total. The lowest BCUT2D eigenvalue weighted by Gasteiger charge is -2.17. The molecule has 0 radical (unpaired) electrons. The van der Waals surface area contributed by atoms with Gasteiger partial charge < -0.3 is 14.6 Å². The first-order chi connectivity index (χ1) is 11.8. The topological polar surface area (TPSA) is 68.1 Å². The molecule has 0 bridgehead atoms. The Morgan fingerprint density at radius 2 is 2.08 bits per heavy atom. The van der Waals surface area contributed by atoms with Crippen molar-refractivity contribution in [3.8, 4) is 0 Å². The number of rotatable bonds is 5. The average molecular weight is 355 g/mol. The first-order valence-corrected chi connectivity index (χ1v) is 7.35. The molecule has 0 amide bonds. The largest absolute Gasteiger partial charge is 0.503 e. The molecule has 0 atom stereocenters. The van der Waals surface area contributed by atoms with Crippen molar-refractivity contribution in [1.82, 2.24) is 0 Å². The molecule has 1 heterocycles. The number of aliphatic imine (C=N–C) groups is 1. The van der Waals surface area contributed by atoms with Gasteiger partial charge in [0.2, 0.25) is 0 Å². The van der Waals surface area contributed by atoms with Crippen LogP contribution in [0.4, 0.5) is 13.2 Å². The molecule has 134 valence electrons. The van der Waals surface area contributed by atoms with Gasteiger partial charge in [-0.2, -0.15) is 13.2 Å². The number of allylic oxidation sites excluding steroid dienone is 2. The van der Waals surface area contributed by atoms with Crippen LogP contribution in [0.15, 0.2) is 47.3 Å². The first kappa shape index (κ1) is 18.6. The van der Waals surface area contributed by atoms with Crippen molar-refractivity contribution >= 4 is 17.4 Å². The number of carbonyl (C=O) groups is 1. The second-order valence-electron chi connectivity index (χ2n) is 5.15. The zero-order chi connectivity index (χ0) is 18.4. The van der Waals surface area contributed by atoms with Gasteiger partial charge in [-0.1, -0.05) is 30.3 Å². The van der Waals surface area contributed by atoms with E-state index < -0.39 is 17.8 Å². The molecule has 0 saturated carbocycles. The highest BCUT2D eigenvalue weighted by molar-refractivity contribution is 6.15. The summed E-state index contributed by atoms with van der Waals surface area (Å²) in [4.78, 5) is 14.8. The number of benzene rings is 1. The number of halogens is 3. The van der Waals surface area contributed by atoms with Crippen molar-refractivity contribution in [2.45, 2.75) is 25.6 Å². The number of nitrogens with zero attached hydrogens (tertiary/aromatic N) is 1. The third-order valence-electron chi connectivity index (χ3n) is 3.40. The minimum absolute atomic E-state index is 0.0303. The number of carboxylic acid groups (broad SMARTS) is 1. The van der Waals surface area contributed by atoms with Gasteiger partial charge in [0, 0.05) is 6.42 Å². The zero-order valence-electron chi connectivity index (χ0n) is 13.3. The van der Waals surface area contributed by atoms with Gasteiger partial charge >= 0.3 is 12.1 Å². The molecule has 1 aromatic rings. The van der Waals surface area contributed by atoms with Gasteiger partial charge in [0.25, 0.3) is 0 Å². The Bertz CT molecular complexity index is 736. The fraction of sp³-hybridized carbons (Fsp3) is 0.294. The van der Waals surface area contributed by atoms with Gasteiger partial charge in [0.1, 0.15) is 17.9 Å². The zero-order valence-corrected chi connectivity index (χ0v) is 13.3. The highest BCUT2D eigenvalue weighted by Gasteiger charge is 2.35. The number of ether oxygens (including phenoxy) is 2. The molecule has 0 aliphatic carbocycles. The summed E-state index contributed by atoms with van der Waals surface area (Å²) in [5.74, 6) is -1.22. The lowest BCUT2D eigenvalue weighted by atomic mass is 10.0. The summed E-state index contributed by atoms with van der Waals surface area (Å²) in [5, 5.41) is 9.28. The van der Waals surface area contributed by atoms with Crippen molar-refractivity contribution < 1.29 is 32.5 Å². The van der Waals surface area contributed by atoms with Crippen LogP contribution in [0.1, 0.15) is 24.0 Å². The summed E-state index contributed by atoms with van der Waals surface area (Å²) in [6.07, 6.45) is -1.99. The smallest absolute Gasteiger partial charge is 0.433 e. The SMILES string of the molecule is CO/C=C(/C(=O)O)c1ccccc1COC1=NC(C(F)(F)F)=CCC1. The van der Waals surface area contributed by atoms with E-state index in [1.54, 1.807) is 24.3 Å². The molecular weight excluding hydrogens is 339 g/mol. The van der Waals surface area contributed by atoms with E-state index in [4.69, 9.17) is 9.47 Å². The van der Waals surface area contributed by atoms with E-state index >= 15 is 0 Å². The van der Waals surface area contributed by atoms with Gasteiger partial charge in [-0.15, -0.1) is 0 Å². The van der Waals surface area contributed by atoms with Crippen molar-refractivity contribution in [2.75, 3.05) is 7.11 Å². The molecule has 8 heteroatoms. The van der Waals surface area contributed by atoms with Gasteiger partial charge in [-0.25, -0.2) is 9.79 Å². The van der Waals surface area contributed by atoms with Gasteiger partial charge in [-0.05, 0) is 17.5 Å². The minimum atomic E-state index is -4.52.